The quantitative estimate of drug-likeness (QED) is 0.591. The number of methoxy groups -OCH3 is 1. The van der Waals surface area contributed by atoms with Crippen LogP contribution in [0.1, 0.15) is 37.3 Å². The number of halogens is 1. The molecule has 29 heavy (non-hydrogen) atoms. The molecule has 2 N–H and O–H groups in total. The van der Waals surface area contributed by atoms with E-state index in [2.05, 4.69) is 26.2 Å². The molecule has 2 aromatic carbocycles. The summed E-state index contributed by atoms with van der Waals surface area (Å²) in [6.45, 7) is 1.97. The average Bonchev–Trinajstić information content (AvgIpc) is 3.07. The molecule has 3 aromatic rings. The number of para-hydroxylation sites is 1. The Bertz CT molecular complexity index is 1110. The normalized spacial score (nSPS) is 19.3. The maximum atomic E-state index is 12.7. The molecule has 0 bridgehead atoms. The molecule has 1 fully saturated rings. The van der Waals surface area contributed by atoms with Crippen LogP contribution in [0, 0.1) is 12.8 Å². The maximum Gasteiger partial charge on any atom is 0.326 e. The van der Waals surface area contributed by atoms with Gasteiger partial charge in [0.05, 0.1) is 18.1 Å². The first-order valence-electron chi connectivity index (χ1n) is 9.82. The van der Waals surface area contributed by atoms with Crippen LogP contribution >= 0.6 is 15.9 Å². The van der Waals surface area contributed by atoms with Gasteiger partial charge in [0.15, 0.2) is 0 Å². The van der Waals surface area contributed by atoms with Crippen molar-refractivity contribution in [3.8, 4) is 5.75 Å². The van der Waals surface area contributed by atoms with Gasteiger partial charge in [0.1, 0.15) is 5.75 Å². The van der Waals surface area contributed by atoms with Crippen molar-refractivity contribution in [2.75, 3.05) is 12.4 Å². The Morgan fingerprint density at radius 3 is 2.69 bits per heavy atom. The zero-order valence-corrected chi connectivity index (χ0v) is 18.1. The lowest BCUT2D eigenvalue weighted by Crippen LogP contribution is -2.31. The Hall–Kier alpha value is -2.54. The standard InChI is InChI=1S/C22H24BrN3O3/c1-13-6-9-15(12-19(13)29-2)24-21(27)14-7-10-16(11-8-14)26-18-5-3-4-17(23)20(18)25-22(26)28/h3-6,9,12,14,16H,7-8,10-11H2,1-2H3,(H,24,27)(H,25,28). The monoisotopic (exact) mass is 457 g/mol. The van der Waals surface area contributed by atoms with Crippen molar-refractivity contribution in [3.63, 3.8) is 0 Å². The Morgan fingerprint density at radius 2 is 1.97 bits per heavy atom. The second-order valence-corrected chi connectivity index (χ2v) is 8.47. The third-order valence-electron chi connectivity index (χ3n) is 5.81. The van der Waals surface area contributed by atoms with Crippen molar-refractivity contribution in [2.24, 2.45) is 5.92 Å². The molecule has 0 atom stereocenters. The summed E-state index contributed by atoms with van der Waals surface area (Å²) in [5.74, 6) is 0.742. The van der Waals surface area contributed by atoms with Gasteiger partial charge in [-0.1, -0.05) is 12.1 Å². The van der Waals surface area contributed by atoms with Crippen LogP contribution in [0.5, 0.6) is 5.75 Å². The van der Waals surface area contributed by atoms with E-state index in [1.807, 2.05) is 47.9 Å². The Morgan fingerprint density at radius 1 is 1.21 bits per heavy atom. The number of nitrogens with zero attached hydrogens (tertiary/aromatic N) is 1. The summed E-state index contributed by atoms with van der Waals surface area (Å²) in [6, 6.07) is 11.6. The molecular weight excluding hydrogens is 434 g/mol. The molecule has 6 nitrogen and oxygen atoms in total. The van der Waals surface area contributed by atoms with E-state index in [1.165, 1.54) is 0 Å². The van der Waals surface area contributed by atoms with Crippen LogP contribution in [0.25, 0.3) is 11.0 Å². The number of amides is 1. The molecule has 0 radical (unpaired) electrons. The molecule has 1 aliphatic rings. The number of aromatic nitrogens is 2. The predicted octanol–water partition coefficient (Wildman–Crippen LogP) is 4.78. The van der Waals surface area contributed by atoms with Crippen molar-refractivity contribution in [1.82, 2.24) is 9.55 Å². The number of carbonyl (C=O) groups excluding carboxylic acids is 1. The fourth-order valence-corrected chi connectivity index (χ4v) is 4.67. The van der Waals surface area contributed by atoms with Crippen molar-refractivity contribution in [3.05, 3.63) is 56.9 Å². The van der Waals surface area contributed by atoms with Crippen LogP contribution < -0.4 is 15.7 Å². The molecule has 4 rings (SSSR count). The number of hydrogen-bond donors (Lipinski definition) is 2. The van der Waals surface area contributed by atoms with Crippen LogP contribution in [0.3, 0.4) is 0 Å². The molecule has 1 amide bonds. The predicted molar refractivity (Wildman–Crippen MR) is 118 cm³/mol. The minimum atomic E-state index is -0.0912. The number of nitrogens with one attached hydrogen (secondary N) is 2. The van der Waals surface area contributed by atoms with Crippen molar-refractivity contribution in [2.45, 2.75) is 38.6 Å². The first kappa shape index (κ1) is 19.8. The van der Waals surface area contributed by atoms with Gasteiger partial charge in [0.2, 0.25) is 5.91 Å². The molecular formula is C22H24BrN3O3. The highest BCUT2D eigenvalue weighted by Gasteiger charge is 2.29. The number of anilines is 1. The zero-order chi connectivity index (χ0) is 20.5. The molecule has 1 heterocycles. The fourth-order valence-electron chi connectivity index (χ4n) is 4.21. The summed E-state index contributed by atoms with van der Waals surface area (Å²) in [7, 11) is 1.63. The summed E-state index contributed by atoms with van der Waals surface area (Å²) in [5.41, 5.74) is 3.42. The highest BCUT2D eigenvalue weighted by atomic mass is 79.9. The van der Waals surface area contributed by atoms with E-state index < -0.39 is 0 Å². The van der Waals surface area contributed by atoms with Gasteiger partial charge in [-0.05, 0) is 72.3 Å². The van der Waals surface area contributed by atoms with Crippen LogP contribution in [-0.2, 0) is 4.79 Å². The number of rotatable bonds is 4. The van der Waals surface area contributed by atoms with Crippen molar-refractivity contribution < 1.29 is 9.53 Å². The zero-order valence-electron chi connectivity index (χ0n) is 16.5. The lowest BCUT2D eigenvalue weighted by Gasteiger charge is -2.28. The van der Waals surface area contributed by atoms with Crippen LogP contribution in [-0.4, -0.2) is 22.6 Å². The molecule has 152 valence electrons. The number of H-pyrrole nitrogens is 1. The number of benzene rings is 2. The maximum absolute atomic E-state index is 12.7. The molecule has 1 saturated carbocycles. The number of aryl methyl sites for hydroxylation is 1. The lowest BCUT2D eigenvalue weighted by atomic mass is 9.85. The highest BCUT2D eigenvalue weighted by molar-refractivity contribution is 9.10. The van der Waals surface area contributed by atoms with Gasteiger partial charge in [0.25, 0.3) is 0 Å². The second-order valence-electron chi connectivity index (χ2n) is 7.61. The molecule has 0 spiro atoms. The van der Waals surface area contributed by atoms with E-state index >= 15 is 0 Å². The highest BCUT2D eigenvalue weighted by Crippen LogP contribution is 2.35. The van der Waals surface area contributed by atoms with E-state index in [1.54, 1.807) is 7.11 Å². The summed E-state index contributed by atoms with van der Waals surface area (Å²) in [4.78, 5) is 28.2. The largest absolute Gasteiger partial charge is 0.496 e. The minimum Gasteiger partial charge on any atom is -0.496 e. The van der Waals surface area contributed by atoms with Crippen molar-refractivity contribution >= 4 is 38.6 Å². The van der Waals surface area contributed by atoms with E-state index in [9.17, 15) is 9.59 Å². The Balaban J connectivity index is 1.45. The van der Waals surface area contributed by atoms with E-state index in [4.69, 9.17) is 4.74 Å². The Labute approximate surface area is 177 Å². The number of fused-ring (bicyclic) bond motifs is 1. The molecule has 7 heteroatoms. The van der Waals surface area contributed by atoms with Gasteiger partial charge < -0.3 is 15.0 Å². The summed E-state index contributed by atoms with van der Waals surface area (Å²) in [5, 5.41) is 3.01. The SMILES string of the molecule is COc1cc(NC(=O)C2CCC(n3c(=O)[nH]c4c(Br)cccc43)CC2)ccc1C. The van der Waals surface area contributed by atoms with Crippen LogP contribution in [0.2, 0.25) is 0 Å². The van der Waals surface area contributed by atoms with Gasteiger partial charge in [-0.15, -0.1) is 0 Å². The Kier molecular flexibility index (Phi) is 5.50. The van der Waals surface area contributed by atoms with Gasteiger partial charge in [0, 0.05) is 28.2 Å². The fraction of sp³-hybridized carbons (Fsp3) is 0.364. The smallest absolute Gasteiger partial charge is 0.326 e. The van der Waals surface area contributed by atoms with Gasteiger partial charge >= 0.3 is 5.69 Å². The molecule has 1 aromatic heterocycles. The third-order valence-corrected chi connectivity index (χ3v) is 6.47. The van der Waals surface area contributed by atoms with E-state index in [0.29, 0.717) is 0 Å². The number of ether oxygens (including phenoxy) is 1. The van der Waals surface area contributed by atoms with E-state index in [0.717, 1.165) is 58.2 Å². The molecule has 0 unspecified atom stereocenters. The first-order valence-corrected chi connectivity index (χ1v) is 10.6. The van der Waals surface area contributed by atoms with Gasteiger partial charge in [-0.25, -0.2) is 4.79 Å². The lowest BCUT2D eigenvalue weighted by molar-refractivity contribution is -0.121. The van der Waals surface area contributed by atoms with Crippen LogP contribution in [0.4, 0.5) is 5.69 Å². The van der Waals surface area contributed by atoms with Gasteiger partial charge in [-0.2, -0.15) is 0 Å². The second kappa shape index (κ2) is 8.06. The van der Waals surface area contributed by atoms with Crippen LogP contribution in [0.15, 0.2) is 45.7 Å². The van der Waals surface area contributed by atoms with Gasteiger partial charge in [-0.3, -0.25) is 9.36 Å². The number of hydrogen-bond acceptors (Lipinski definition) is 3. The molecule has 0 saturated heterocycles. The number of imidazole rings is 1. The van der Waals surface area contributed by atoms with E-state index in [-0.39, 0.29) is 23.6 Å². The summed E-state index contributed by atoms with van der Waals surface area (Å²) >= 11 is 3.50. The molecule has 1 aliphatic carbocycles. The average molecular weight is 458 g/mol. The molecule has 0 aliphatic heterocycles. The van der Waals surface area contributed by atoms with Crippen molar-refractivity contribution in [1.29, 1.82) is 0 Å². The number of aromatic amines is 1. The summed E-state index contributed by atoms with van der Waals surface area (Å²) < 4.78 is 8.06. The first-order chi connectivity index (χ1) is 14.0. The third kappa shape index (κ3) is 3.83. The number of carbonyl (C=O) groups is 1. The minimum absolute atomic E-state index is 0.0309. The summed E-state index contributed by atoms with van der Waals surface area (Å²) in [6.07, 6.45) is 3.11. The topological polar surface area (TPSA) is 76.1 Å².